The normalized spacial score (nSPS) is 55.9. The van der Waals surface area contributed by atoms with Crippen LogP contribution >= 0.6 is 0 Å². The molecule has 0 amide bonds. The monoisotopic (exact) mass is 943 g/mol. The van der Waals surface area contributed by atoms with Gasteiger partial charge in [0.1, 0.15) is 67.1 Å². The Morgan fingerprint density at radius 3 is 1.86 bits per heavy atom. The molecule has 0 bridgehead atoms. The van der Waals surface area contributed by atoms with E-state index in [9.17, 15) is 61.0 Å². The highest BCUT2D eigenvalue weighted by Crippen LogP contribution is 2.76. The lowest BCUT2D eigenvalue weighted by atomic mass is 9.33. The summed E-state index contributed by atoms with van der Waals surface area (Å²) in [5.41, 5.74) is -1.13. The van der Waals surface area contributed by atoms with E-state index in [1.807, 2.05) is 6.92 Å². The Kier molecular flexibility index (Phi) is 13.9. The smallest absolute Gasteiger partial charge is 0.310 e. The van der Waals surface area contributed by atoms with Crippen LogP contribution in [0.4, 0.5) is 0 Å². The third-order valence-electron chi connectivity index (χ3n) is 19.8. The molecule has 4 saturated carbocycles. The molecule has 8 rings (SSSR count). The predicted octanol–water partition coefficient (Wildman–Crippen LogP) is 0.561. The molecule has 0 aromatic heterocycles. The average molecular weight is 943 g/mol. The van der Waals surface area contributed by atoms with Crippen molar-refractivity contribution in [3.8, 4) is 0 Å². The number of allylic oxidation sites excluding steroid dienone is 2. The van der Waals surface area contributed by atoms with Crippen LogP contribution in [0.5, 0.6) is 0 Å². The van der Waals surface area contributed by atoms with Gasteiger partial charge in [-0.05, 0) is 110 Å². The molecule has 3 heterocycles. The Bertz CT molecular complexity index is 1800. The minimum atomic E-state index is -1.68. The van der Waals surface area contributed by atoms with Gasteiger partial charge >= 0.3 is 5.97 Å². The summed E-state index contributed by atoms with van der Waals surface area (Å²) >= 11 is 0. The summed E-state index contributed by atoms with van der Waals surface area (Å²) in [6.45, 7) is 15.9. The minimum absolute atomic E-state index is 0.151. The van der Waals surface area contributed by atoms with E-state index in [1.54, 1.807) is 0 Å². The number of rotatable bonds is 9. The summed E-state index contributed by atoms with van der Waals surface area (Å²) in [7, 11) is 0. The van der Waals surface area contributed by atoms with Crippen molar-refractivity contribution in [1.29, 1.82) is 0 Å². The summed E-state index contributed by atoms with van der Waals surface area (Å²) in [6.07, 6.45) is -15.0. The molecular weight excluding hydrogens is 865 g/mol. The molecule has 0 aromatic rings. The number of aliphatic hydroxyl groups excluding tert-OH is 10. The van der Waals surface area contributed by atoms with Crippen LogP contribution in [0.3, 0.4) is 0 Å². The fourth-order valence-corrected chi connectivity index (χ4v) is 15.4. The number of hydrogen-bond acceptors (Lipinski definition) is 17. The van der Waals surface area contributed by atoms with Gasteiger partial charge in [0.25, 0.3) is 0 Å². The average Bonchev–Trinajstić information content (AvgIpc) is 3.27. The number of carboxylic acid groups (broad SMARTS) is 1. The number of carbonyl (C=O) groups is 1. The SMILES string of the molecule is CC1OC(OC2C(OC3CCC4(C)C(CCC5(C)C4CC=C4C6C(C)C(C)C(OC7OC(CO)C(O)C(O)C7O)CC6(C(=O)O)CCC45C)C3(C)C)OC(CO)C(O)C2O)C(O)C(O)C1O. The molecular formula is C48H78O18. The van der Waals surface area contributed by atoms with E-state index in [2.05, 4.69) is 47.6 Å². The van der Waals surface area contributed by atoms with Crippen LogP contribution in [0.1, 0.15) is 107 Å². The van der Waals surface area contributed by atoms with Crippen molar-refractivity contribution >= 4 is 5.97 Å². The third kappa shape index (κ3) is 7.61. The lowest BCUT2D eigenvalue weighted by Crippen LogP contribution is -2.67. The minimum Gasteiger partial charge on any atom is -0.481 e. The van der Waals surface area contributed by atoms with Gasteiger partial charge in [-0.2, -0.15) is 0 Å². The Labute approximate surface area is 387 Å². The van der Waals surface area contributed by atoms with E-state index in [0.717, 1.165) is 25.7 Å². The summed E-state index contributed by atoms with van der Waals surface area (Å²) in [5.74, 6) is -1.12. The van der Waals surface area contributed by atoms with Crippen molar-refractivity contribution in [3.63, 3.8) is 0 Å². The molecule has 378 valence electrons. The van der Waals surface area contributed by atoms with E-state index < -0.39 is 134 Å². The molecule has 0 aromatic carbocycles. The largest absolute Gasteiger partial charge is 0.481 e. The summed E-state index contributed by atoms with van der Waals surface area (Å²) in [5, 5.41) is 117. The lowest BCUT2D eigenvalue weighted by Gasteiger charge is -2.71. The number of carboxylic acids is 1. The highest BCUT2D eigenvalue weighted by Gasteiger charge is 2.71. The summed E-state index contributed by atoms with van der Waals surface area (Å²) in [4.78, 5) is 13.8. The first kappa shape index (κ1) is 50.9. The van der Waals surface area contributed by atoms with Gasteiger partial charge in [0.2, 0.25) is 0 Å². The highest BCUT2D eigenvalue weighted by molar-refractivity contribution is 5.77. The third-order valence-corrected chi connectivity index (χ3v) is 19.8. The Morgan fingerprint density at radius 1 is 0.652 bits per heavy atom. The maximum absolute atomic E-state index is 13.8. The van der Waals surface area contributed by atoms with Crippen molar-refractivity contribution in [2.24, 2.45) is 56.7 Å². The molecule has 8 aliphatic rings. The molecule has 66 heavy (non-hydrogen) atoms. The van der Waals surface area contributed by atoms with Gasteiger partial charge in [-0.25, -0.2) is 0 Å². The molecule has 26 unspecified atom stereocenters. The van der Waals surface area contributed by atoms with E-state index in [4.69, 9.17) is 28.4 Å². The Morgan fingerprint density at radius 2 is 1.24 bits per heavy atom. The molecule has 18 heteroatoms. The van der Waals surface area contributed by atoms with Gasteiger partial charge in [-0.3, -0.25) is 4.79 Å². The zero-order valence-electron chi connectivity index (χ0n) is 39.6. The van der Waals surface area contributed by atoms with Gasteiger partial charge in [0, 0.05) is 0 Å². The van der Waals surface area contributed by atoms with Crippen LogP contribution in [0, 0.1) is 56.7 Å². The zero-order valence-corrected chi connectivity index (χ0v) is 39.6. The number of ether oxygens (including phenoxy) is 6. The van der Waals surface area contributed by atoms with Crippen LogP contribution in [0.2, 0.25) is 0 Å². The number of hydrogen-bond donors (Lipinski definition) is 11. The van der Waals surface area contributed by atoms with Crippen molar-refractivity contribution in [2.45, 2.75) is 211 Å². The molecule has 0 spiro atoms. The van der Waals surface area contributed by atoms with Gasteiger partial charge in [-0.1, -0.05) is 60.1 Å². The molecule has 26 atom stereocenters. The molecule has 5 aliphatic carbocycles. The second-order valence-electron chi connectivity index (χ2n) is 23.0. The highest BCUT2D eigenvalue weighted by atomic mass is 16.8. The first-order valence-electron chi connectivity index (χ1n) is 24.4. The first-order chi connectivity index (χ1) is 30.8. The number of fused-ring (bicyclic) bond motifs is 7. The van der Waals surface area contributed by atoms with Gasteiger partial charge in [0.15, 0.2) is 18.9 Å². The van der Waals surface area contributed by atoms with Crippen molar-refractivity contribution in [3.05, 3.63) is 11.6 Å². The second-order valence-corrected chi connectivity index (χ2v) is 23.0. The van der Waals surface area contributed by atoms with Crippen LogP contribution in [0.15, 0.2) is 11.6 Å². The van der Waals surface area contributed by atoms with Crippen LogP contribution < -0.4 is 0 Å². The molecule has 18 nitrogen and oxygen atoms in total. The Balaban J connectivity index is 1.03. The number of aliphatic carboxylic acids is 1. The van der Waals surface area contributed by atoms with E-state index in [-0.39, 0.29) is 52.3 Å². The topological polar surface area (TPSA) is 295 Å². The summed E-state index contributed by atoms with van der Waals surface area (Å²) < 4.78 is 36.8. The fourth-order valence-electron chi connectivity index (χ4n) is 15.4. The van der Waals surface area contributed by atoms with Crippen molar-refractivity contribution in [1.82, 2.24) is 0 Å². The standard InChI is InChI=1S/C48H78O18/c1-20-21(2)30-23-9-10-28-45(6)13-12-29(65-42-39(36(56)33(53)26(19-50)64-42)66-40-37(57)34(54)31(51)22(3)61-40)44(4,5)27(45)11-14-47(28,8)46(23,7)15-16-48(30,43(59)60)17-24(20)62-41-38(58)35(55)32(52)25(18-49)63-41/h9,20-22,24-42,49-58H,10-19H2,1-8H3,(H,59,60). The van der Waals surface area contributed by atoms with Crippen LogP contribution in [-0.4, -0.2) is 180 Å². The van der Waals surface area contributed by atoms with Crippen molar-refractivity contribution < 1.29 is 89.4 Å². The molecule has 3 saturated heterocycles. The fraction of sp³-hybridized carbons (Fsp3) is 0.938. The zero-order chi connectivity index (χ0) is 48.4. The van der Waals surface area contributed by atoms with Gasteiger partial charge in [0.05, 0.1) is 36.9 Å². The van der Waals surface area contributed by atoms with Crippen molar-refractivity contribution in [2.75, 3.05) is 13.2 Å². The van der Waals surface area contributed by atoms with Gasteiger partial charge < -0.3 is 84.6 Å². The summed E-state index contributed by atoms with van der Waals surface area (Å²) in [6, 6.07) is 0. The quantitative estimate of drug-likeness (QED) is 0.111. The molecule has 11 N–H and O–H groups in total. The van der Waals surface area contributed by atoms with E-state index in [1.165, 1.54) is 12.5 Å². The number of aliphatic hydroxyl groups is 10. The molecule has 7 fully saturated rings. The maximum Gasteiger partial charge on any atom is 0.310 e. The maximum atomic E-state index is 13.8. The lowest BCUT2D eigenvalue weighted by molar-refractivity contribution is -0.376. The second kappa shape index (κ2) is 18.0. The first-order valence-corrected chi connectivity index (χ1v) is 24.4. The predicted molar refractivity (Wildman–Crippen MR) is 230 cm³/mol. The van der Waals surface area contributed by atoms with E-state index in [0.29, 0.717) is 19.3 Å². The molecule has 3 aliphatic heterocycles. The van der Waals surface area contributed by atoms with Crippen LogP contribution in [-0.2, 0) is 33.2 Å². The molecule has 0 radical (unpaired) electrons. The van der Waals surface area contributed by atoms with Crippen LogP contribution in [0.25, 0.3) is 0 Å². The van der Waals surface area contributed by atoms with Gasteiger partial charge in [-0.15, -0.1) is 0 Å². The Hall–Kier alpha value is -1.43. The van der Waals surface area contributed by atoms with E-state index >= 15 is 0 Å².